The van der Waals surface area contributed by atoms with Crippen molar-refractivity contribution in [3.8, 4) is 0 Å². The van der Waals surface area contributed by atoms with E-state index in [2.05, 4.69) is 10.3 Å². The minimum Gasteiger partial charge on any atom is -0.357 e. The smallest absolute Gasteiger partial charge is 0.242 e. The maximum absolute atomic E-state index is 13.4. The van der Waals surface area contributed by atoms with Crippen molar-refractivity contribution in [3.63, 3.8) is 0 Å². The quantitative estimate of drug-likeness (QED) is 0.337. The van der Waals surface area contributed by atoms with Gasteiger partial charge in [0.1, 0.15) is 5.82 Å². The Kier molecular flexibility index (Phi) is 10.0. The average Bonchev–Trinajstić information content (AvgIpc) is 2.65. The van der Waals surface area contributed by atoms with Crippen LogP contribution < -0.4 is 5.32 Å². The van der Waals surface area contributed by atoms with Gasteiger partial charge in [0.2, 0.25) is 10.0 Å². The fourth-order valence-electron chi connectivity index (χ4n) is 2.60. The summed E-state index contributed by atoms with van der Waals surface area (Å²) in [5, 5.41) is 3.22. The molecule has 0 aliphatic carbocycles. The minimum absolute atomic E-state index is 0. The predicted molar refractivity (Wildman–Crippen MR) is 125 cm³/mol. The van der Waals surface area contributed by atoms with E-state index in [-0.39, 0.29) is 34.7 Å². The summed E-state index contributed by atoms with van der Waals surface area (Å²) in [6.07, 6.45) is 0. The van der Waals surface area contributed by atoms with Crippen LogP contribution in [0.5, 0.6) is 0 Å². The summed E-state index contributed by atoms with van der Waals surface area (Å²) in [6, 6.07) is 13.2. The first kappa shape index (κ1) is 25.3. The standard InChI is InChI=1S/C20H27FN4O2S.HI/c1-5-22-20(25(4)15-17-7-6-8-18(21)13-17)23-14-16-9-11-19(12-10-16)28(26,27)24(2)3;/h6-13H,5,14-15H2,1-4H3,(H,22,23);1H. The van der Waals surface area contributed by atoms with Gasteiger partial charge in [-0.2, -0.15) is 0 Å². The molecule has 2 aromatic carbocycles. The Morgan fingerprint density at radius 1 is 1.07 bits per heavy atom. The van der Waals surface area contributed by atoms with Crippen molar-refractivity contribution in [3.05, 3.63) is 65.5 Å². The lowest BCUT2D eigenvalue weighted by Gasteiger charge is -2.22. The van der Waals surface area contributed by atoms with Gasteiger partial charge in [0, 0.05) is 34.2 Å². The van der Waals surface area contributed by atoms with E-state index in [0.717, 1.165) is 11.1 Å². The van der Waals surface area contributed by atoms with E-state index < -0.39 is 10.0 Å². The van der Waals surface area contributed by atoms with E-state index in [0.29, 0.717) is 25.6 Å². The Hall–Kier alpha value is -1.72. The van der Waals surface area contributed by atoms with Crippen LogP contribution in [0.2, 0.25) is 0 Å². The molecule has 0 aromatic heterocycles. The van der Waals surface area contributed by atoms with Crippen molar-refractivity contribution in [2.75, 3.05) is 27.7 Å². The third-order valence-corrected chi connectivity index (χ3v) is 5.95. The van der Waals surface area contributed by atoms with Crippen LogP contribution >= 0.6 is 24.0 Å². The van der Waals surface area contributed by atoms with Gasteiger partial charge in [0.25, 0.3) is 0 Å². The number of nitrogens with zero attached hydrogens (tertiary/aromatic N) is 3. The molecule has 0 aliphatic heterocycles. The van der Waals surface area contributed by atoms with Crippen LogP contribution in [0.4, 0.5) is 4.39 Å². The Balaban J connectivity index is 0.00000420. The highest BCUT2D eigenvalue weighted by Gasteiger charge is 2.16. The molecule has 9 heteroatoms. The number of rotatable bonds is 7. The van der Waals surface area contributed by atoms with Gasteiger partial charge in [0.05, 0.1) is 11.4 Å². The Labute approximate surface area is 189 Å². The third kappa shape index (κ3) is 7.23. The number of hydrogen-bond acceptors (Lipinski definition) is 3. The van der Waals surface area contributed by atoms with Crippen LogP contribution in [0.3, 0.4) is 0 Å². The molecule has 2 rings (SSSR count). The summed E-state index contributed by atoms with van der Waals surface area (Å²) >= 11 is 0. The van der Waals surface area contributed by atoms with Gasteiger partial charge in [-0.05, 0) is 42.3 Å². The number of hydrogen-bond donors (Lipinski definition) is 1. The molecule has 0 spiro atoms. The molecule has 0 fully saturated rings. The maximum atomic E-state index is 13.4. The normalized spacial score (nSPS) is 11.9. The molecule has 0 unspecified atom stereocenters. The highest BCUT2D eigenvalue weighted by atomic mass is 127. The van der Waals surface area contributed by atoms with Crippen molar-refractivity contribution < 1.29 is 12.8 Å². The molecule has 0 atom stereocenters. The molecular formula is C20H28FIN4O2S. The molecule has 6 nitrogen and oxygen atoms in total. The van der Waals surface area contributed by atoms with E-state index in [1.165, 1.54) is 30.5 Å². The van der Waals surface area contributed by atoms with Gasteiger partial charge in [0.15, 0.2) is 5.96 Å². The molecule has 0 amide bonds. The van der Waals surface area contributed by atoms with Crippen molar-refractivity contribution in [1.29, 1.82) is 0 Å². The summed E-state index contributed by atoms with van der Waals surface area (Å²) in [5.74, 6) is 0.428. The molecule has 0 aliphatic rings. The number of nitrogens with one attached hydrogen (secondary N) is 1. The predicted octanol–water partition coefficient (Wildman–Crippen LogP) is 3.29. The van der Waals surface area contributed by atoms with Crippen LogP contribution in [-0.4, -0.2) is 51.3 Å². The summed E-state index contributed by atoms with van der Waals surface area (Å²) in [6.45, 7) is 3.60. The van der Waals surface area contributed by atoms with Crippen molar-refractivity contribution in [1.82, 2.24) is 14.5 Å². The molecule has 0 bridgehead atoms. The van der Waals surface area contributed by atoms with E-state index in [1.807, 2.05) is 24.9 Å². The van der Waals surface area contributed by atoms with Gasteiger partial charge in [-0.25, -0.2) is 22.1 Å². The molecule has 160 valence electrons. The molecule has 2 aromatic rings. The summed E-state index contributed by atoms with van der Waals surface area (Å²) in [7, 11) is 1.46. The van der Waals surface area contributed by atoms with Crippen LogP contribution in [-0.2, 0) is 23.1 Å². The SMILES string of the molecule is CCNC(=NCc1ccc(S(=O)(=O)N(C)C)cc1)N(C)Cc1cccc(F)c1.I. The van der Waals surface area contributed by atoms with Gasteiger partial charge in [-0.1, -0.05) is 24.3 Å². The molecule has 0 heterocycles. The molecule has 29 heavy (non-hydrogen) atoms. The molecular weight excluding hydrogens is 506 g/mol. The molecule has 0 saturated carbocycles. The lowest BCUT2D eigenvalue weighted by molar-refractivity contribution is 0.474. The van der Waals surface area contributed by atoms with Gasteiger partial charge < -0.3 is 10.2 Å². The maximum Gasteiger partial charge on any atom is 0.242 e. The van der Waals surface area contributed by atoms with Crippen molar-refractivity contribution in [2.24, 2.45) is 4.99 Å². The average molecular weight is 534 g/mol. The Morgan fingerprint density at radius 2 is 1.72 bits per heavy atom. The van der Waals surface area contributed by atoms with Gasteiger partial charge >= 0.3 is 0 Å². The first-order valence-electron chi connectivity index (χ1n) is 8.99. The summed E-state index contributed by atoms with van der Waals surface area (Å²) in [5.41, 5.74) is 1.75. The minimum atomic E-state index is -3.44. The second-order valence-corrected chi connectivity index (χ2v) is 8.74. The monoisotopic (exact) mass is 534 g/mol. The number of guanidine groups is 1. The van der Waals surface area contributed by atoms with Crippen molar-refractivity contribution in [2.45, 2.75) is 24.9 Å². The first-order chi connectivity index (χ1) is 13.2. The zero-order valence-electron chi connectivity index (χ0n) is 17.1. The molecule has 0 saturated heterocycles. The summed E-state index contributed by atoms with van der Waals surface area (Å²) < 4.78 is 38.9. The number of aliphatic imine (C=N–C) groups is 1. The Bertz CT molecular complexity index is 918. The summed E-state index contributed by atoms with van der Waals surface area (Å²) in [4.78, 5) is 6.78. The third-order valence-electron chi connectivity index (χ3n) is 4.12. The zero-order chi connectivity index (χ0) is 20.7. The van der Waals surface area contributed by atoms with Crippen LogP contribution in [0.15, 0.2) is 58.4 Å². The van der Waals surface area contributed by atoms with Crippen molar-refractivity contribution >= 4 is 40.0 Å². The molecule has 1 N–H and O–H groups in total. The Morgan fingerprint density at radius 3 is 2.28 bits per heavy atom. The zero-order valence-corrected chi connectivity index (χ0v) is 20.2. The van der Waals surface area contributed by atoms with Crippen LogP contribution in [0.25, 0.3) is 0 Å². The highest BCUT2D eigenvalue weighted by Crippen LogP contribution is 2.14. The fraction of sp³-hybridized carbons (Fsp3) is 0.350. The topological polar surface area (TPSA) is 65.0 Å². The van der Waals surface area contributed by atoms with E-state index in [1.54, 1.807) is 30.3 Å². The van der Waals surface area contributed by atoms with E-state index in [4.69, 9.17) is 0 Å². The number of halogens is 2. The second-order valence-electron chi connectivity index (χ2n) is 6.59. The van der Waals surface area contributed by atoms with Gasteiger partial charge in [-0.3, -0.25) is 0 Å². The number of benzene rings is 2. The first-order valence-corrected chi connectivity index (χ1v) is 10.4. The highest BCUT2D eigenvalue weighted by molar-refractivity contribution is 14.0. The fourth-order valence-corrected chi connectivity index (χ4v) is 3.50. The lowest BCUT2D eigenvalue weighted by Crippen LogP contribution is -2.38. The molecule has 0 radical (unpaired) electrons. The van der Waals surface area contributed by atoms with Crippen LogP contribution in [0, 0.1) is 5.82 Å². The lowest BCUT2D eigenvalue weighted by atomic mass is 10.2. The van der Waals surface area contributed by atoms with E-state index >= 15 is 0 Å². The van der Waals surface area contributed by atoms with E-state index in [9.17, 15) is 12.8 Å². The second kappa shape index (κ2) is 11.5. The number of sulfonamides is 1. The van der Waals surface area contributed by atoms with Crippen LogP contribution in [0.1, 0.15) is 18.1 Å². The largest absolute Gasteiger partial charge is 0.357 e. The van der Waals surface area contributed by atoms with Gasteiger partial charge in [-0.15, -0.1) is 24.0 Å².